The van der Waals surface area contributed by atoms with Gasteiger partial charge in [0.05, 0.1) is 0 Å². The fraction of sp³-hybridized carbons (Fsp3) is 0.556. The first-order chi connectivity index (χ1) is 8.90. The second kappa shape index (κ2) is 5.29. The average Bonchev–Trinajstić information content (AvgIpc) is 2.38. The molecule has 1 aliphatic rings. The van der Waals surface area contributed by atoms with Gasteiger partial charge < -0.3 is 10.3 Å². The summed E-state index contributed by atoms with van der Waals surface area (Å²) >= 11 is 0. The van der Waals surface area contributed by atoms with Crippen LogP contribution < -0.4 is 16.2 Å². The van der Waals surface area contributed by atoms with Crippen LogP contribution in [0.25, 0.3) is 0 Å². The third kappa shape index (κ3) is 3.32. The molecule has 0 bridgehead atoms. The molecule has 1 aliphatic heterocycles. The zero-order chi connectivity index (χ0) is 14.0. The summed E-state index contributed by atoms with van der Waals surface area (Å²) in [6.07, 6.45) is -4.64. The van der Waals surface area contributed by atoms with Gasteiger partial charge in [-0.15, -0.1) is 0 Å². The Balaban J connectivity index is 2.32. The van der Waals surface area contributed by atoms with E-state index in [1.54, 1.807) is 4.90 Å². The van der Waals surface area contributed by atoms with Gasteiger partial charge in [0.15, 0.2) is 0 Å². The van der Waals surface area contributed by atoms with Crippen LogP contribution in [0.5, 0.6) is 0 Å². The van der Waals surface area contributed by atoms with Crippen LogP contribution in [0.2, 0.25) is 0 Å². The minimum Gasteiger partial charge on any atom is -0.355 e. The number of rotatable bonds is 2. The van der Waals surface area contributed by atoms with E-state index in [9.17, 15) is 17.4 Å². The summed E-state index contributed by atoms with van der Waals surface area (Å²) < 4.78 is 49.2. The molecule has 106 valence electrons. The topological polar surface area (TPSA) is 84.1 Å². The Bertz CT molecular complexity index is 485. The van der Waals surface area contributed by atoms with Crippen LogP contribution in [0.3, 0.4) is 0 Å². The van der Waals surface area contributed by atoms with Crippen LogP contribution in [-0.2, 0) is 17.0 Å². The Morgan fingerprint density at radius 1 is 1.32 bits per heavy atom. The molecule has 1 saturated heterocycles. The van der Waals surface area contributed by atoms with E-state index >= 15 is 0 Å². The zero-order valence-corrected chi connectivity index (χ0v) is 10.6. The Labute approximate surface area is 109 Å². The van der Waals surface area contributed by atoms with E-state index in [-0.39, 0.29) is 11.6 Å². The first-order valence-electron chi connectivity index (χ1n) is 5.43. The SMILES string of the molecule is NNc1cc(N2CCS(=O)CC2)nc(C(F)(F)F)n1. The normalized spacial score (nSPS) is 17.6. The number of aromatic nitrogens is 2. The van der Waals surface area contributed by atoms with Crippen LogP contribution in [0.1, 0.15) is 5.82 Å². The molecule has 2 heterocycles. The summed E-state index contributed by atoms with van der Waals surface area (Å²) in [6.45, 7) is 0.788. The number of hydrogen-bond donors (Lipinski definition) is 2. The van der Waals surface area contributed by atoms with Gasteiger partial charge in [-0.25, -0.2) is 15.8 Å². The number of nitrogens with one attached hydrogen (secondary N) is 1. The van der Waals surface area contributed by atoms with Crippen LogP contribution in [-0.4, -0.2) is 38.8 Å². The highest BCUT2D eigenvalue weighted by molar-refractivity contribution is 7.85. The van der Waals surface area contributed by atoms with E-state index in [4.69, 9.17) is 5.84 Å². The molecule has 0 aromatic carbocycles. The molecular formula is C9H12F3N5OS. The van der Waals surface area contributed by atoms with Crippen molar-refractivity contribution in [3.63, 3.8) is 0 Å². The molecule has 1 aromatic rings. The standard InChI is InChI=1S/C9H12F3N5OS/c10-9(11,12)8-14-6(16-13)5-7(15-8)17-1-3-19(18)4-2-17/h5H,1-4,13H2,(H,14,15,16). The lowest BCUT2D eigenvalue weighted by Gasteiger charge is -2.27. The van der Waals surface area contributed by atoms with Crippen molar-refractivity contribution < 1.29 is 17.4 Å². The highest BCUT2D eigenvalue weighted by Gasteiger charge is 2.36. The minimum absolute atomic E-state index is 0.107. The maximum absolute atomic E-state index is 12.7. The first kappa shape index (κ1) is 14.0. The third-order valence-electron chi connectivity index (χ3n) is 2.62. The molecular weight excluding hydrogens is 283 g/mol. The molecule has 2 rings (SSSR count). The van der Waals surface area contributed by atoms with Gasteiger partial charge in [0.1, 0.15) is 11.6 Å². The number of halogens is 3. The van der Waals surface area contributed by atoms with Crippen LogP contribution >= 0.6 is 0 Å². The first-order valence-corrected chi connectivity index (χ1v) is 6.92. The summed E-state index contributed by atoms with van der Waals surface area (Å²) in [4.78, 5) is 8.41. The van der Waals surface area contributed by atoms with Gasteiger partial charge in [-0.2, -0.15) is 13.2 Å². The van der Waals surface area contributed by atoms with Gasteiger partial charge in [0.25, 0.3) is 0 Å². The van der Waals surface area contributed by atoms with E-state index in [1.165, 1.54) is 6.07 Å². The van der Waals surface area contributed by atoms with Gasteiger partial charge in [-0.05, 0) is 0 Å². The highest BCUT2D eigenvalue weighted by atomic mass is 32.2. The maximum Gasteiger partial charge on any atom is 0.451 e. The molecule has 10 heteroatoms. The van der Waals surface area contributed by atoms with E-state index in [0.717, 1.165) is 0 Å². The molecule has 19 heavy (non-hydrogen) atoms. The Kier molecular flexibility index (Phi) is 3.90. The van der Waals surface area contributed by atoms with Gasteiger partial charge in [-0.3, -0.25) is 4.21 Å². The second-order valence-corrected chi connectivity index (χ2v) is 5.61. The smallest absolute Gasteiger partial charge is 0.355 e. The fourth-order valence-corrected chi connectivity index (χ4v) is 2.72. The lowest BCUT2D eigenvalue weighted by molar-refractivity contribution is -0.144. The molecule has 0 spiro atoms. The number of alkyl halides is 3. The molecule has 0 saturated carbocycles. The van der Waals surface area contributed by atoms with Crippen LogP contribution in [0.4, 0.5) is 24.8 Å². The molecule has 0 aliphatic carbocycles. The molecule has 3 N–H and O–H groups in total. The van der Waals surface area contributed by atoms with Crippen molar-refractivity contribution in [3.05, 3.63) is 11.9 Å². The monoisotopic (exact) mass is 295 g/mol. The minimum atomic E-state index is -4.64. The van der Waals surface area contributed by atoms with E-state index < -0.39 is 22.8 Å². The predicted octanol–water partition coefficient (Wildman–Crippen LogP) is 0.350. The molecule has 0 radical (unpaired) electrons. The summed E-state index contributed by atoms with van der Waals surface area (Å²) in [5.74, 6) is 4.71. The van der Waals surface area contributed by atoms with E-state index in [0.29, 0.717) is 24.6 Å². The summed E-state index contributed by atoms with van der Waals surface area (Å²) in [5, 5.41) is 0. The zero-order valence-electron chi connectivity index (χ0n) is 9.78. The Hall–Kier alpha value is -1.42. The number of hydrogen-bond acceptors (Lipinski definition) is 6. The molecule has 6 nitrogen and oxygen atoms in total. The molecule has 1 fully saturated rings. The summed E-state index contributed by atoms with van der Waals surface area (Å²) in [6, 6.07) is 1.34. The Morgan fingerprint density at radius 2 is 1.95 bits per heavy atom. The number of nitrogen functional groups attached to an aromatic ring is 1. The third-order valence-corrected chi connectivity index (χ3v) is 3.89. The predicted molar refractivity (Wildman–Crippen MR) is 64.9 cm³/mol. The van der Waals surface area contributed by atoms with E-state index in [2.05, 4.69) is 15.4 Å². The highest BCUT2D eigenvalue weighted by Crippen LogP contribution is 2.29. The fourth-order valence-electron chi connectivity index (χ4n) is 1.66. The molecule has 0 unspecified atom stereocenters. The molecule has 0 amide bonds. The number of hydrazine groups is 1. The van der Waals surface area contributed by atoms with Gasteiger partial charge in [0.2, 0.25) is 5.82 Å². The lowest BCUT2D eigenvalue weighted by atomic mass is 10.4. The summed E-state index contributed by atoms with van der Waals surface area (Å²) in [7, 11) is -0.912. The number of nitrogens with zero attached hydrogens (tertiary/aromatic N) is 3. The van der Waals surface area contributed by atoms with Crippen molar-refractivity contribution in [1.82, 2.24) is 9.97 Å². The quantitative estimate of drug-likeness (QED) is 0.605. The second-order valence-electron chi connectivity index (χ2n) is 3.91. The maximum atomic E-state index is 12.7. The number of anilines is 2. The average molecular weight is 295 g/mol. The van der Waals surface area contributed by atoms with Gasteiger partial charge in [-0.1, -0.05) is 0 Å². The van der Waals surface area contributed by atoms with Crippen molar-refractivity contribution in [3.8, 4) is 0 Å². The summed E-state index contributed by atoms with van der Waals surface area (Å²) in [5.41, 5.74) is 2.09. The van der Waals surface area contributed by atoms with Crippen molar-refractivity contribution in [1.29, 1.82) is 0 Å². The van der Waals surface area contributed by atoms with E-state index in [1.807, 2.05) is 0 Å². The van der Waals surface area contributed by atoms with Crippen LogP contribution in [0, 0.1) is 0 Å². The molecule has 1 aromatic heterocycles. The van der Waals surface area contributed by atoms with Crippen molar-refractivity contribution in [2.45, 2.75) is 6.18 Å². The molecule has 0 atom stereocenters. The van der Waals surface area contributed by atoms with Crippen molar-refractivity contribution in [2.75, 3.05) is 34.9 Å². The van der Waals surface area contributed by atoms with Gasteiger partial charge in [0, 0.05) is 41.5 Å². The Morgan fingerprint density at radius 3 is 2.47 bits per heavy atom. The largest absolute Gasteiger partial charge is 0.451 e. The van der Waals surface area contributed by atoms with Crippen LogP contribution in [0.15, 0.2) is 6.07 Å². The van der Waals surface area contributed by atoms with Gasteiger partial charge >= 0.3 is 6.18 Å². The van der Waals surface area contributed by atoms with Crippen molar-refractivity contribution in [2.24, 2.45) is 5.84 Å². The lowest BCUT2D eigenvalue weighted by Crippen LogP contribution is -2.38. The number of nitrogens with two attached hydrogens (primary N) is 1. The van der Waals surface area contributed by atoms with Crippen molar-refractivity contribution >= 4 is 22.4 Å².